The lowest BCUT2D eigenvalue weighted by Crippen LogP contribution is -2.27. The van der Waals surface area contributed by atoms with Crippen LogP contribution >= 0.6 is 11.6 Å². The molecule has 0 aromatic heterocycles. The van der Waals surface area contributed by atoms with E-state index in [1.165, 1.54) is 0 Å². The molecule has 88 valence electrons. The average Bonchev–Trinajstić information content (AvgIpc) is 2.26. The van der Waals surface area contributed by atoms with Crippen molar-refractivity contribution in [3.05, 3.63) is 34.9 Å². The van der Waals surface area contributed by atoms with Gasteiger partial charge in [-0.05, 0) is 24.1 Å². The second-order valence-corrected chi connectivity index (χ2v) is 4.14. The van der Waals surface area contributed by atoms with Crippen LogP contribution in [-0.4, -0.2) is 17.6 Å². The molecule has 0 heterocycles. The van der Waals surface area contributed by atoms with Crippen LogP contribution in [0.3, 0.4) is 0 Å². The van der Waals surface area contributed by atoms with Crippen LogP contribution in [0.25, 0.3) is 0 Å². The second-order valence-electron chi connectivity index (χ2n) is 3.70. The summed E-state index contributed by atoms with van der Waals surface area (Å²) in [6.07, 6.45) is 0.642. The number of carbonyl (C=O) groups is 1. The summed E-state index contributed by atoms with van der Waals surface area (Å²) < 4.78 is 0. The topological polar surface area (TPSA) is 49.3 Å². The molecule has 0 radical (unpaired) electrons. The number of benzene rings is 1. The summed E-state index contributed by atoms with van der Waals surface area (Å²) >= 11 is 5.76. The maximum absolute atomic E-state index is 10.8. The minimum atomic E-state index is -0.744. The average molecular weight is 242 g/mol. The van der Waals surface area contributed by atoms with Crippen molar-refractivity contribution < 1.29 is 9.90 Å². The molecule has 0 saturated carbocycles. The first-order valence-corrected chi connectivity index (χ1v) is 5.69. The summed E-state index contributed by atoms with van der Waals surface area (Å²) in [4.78, 5) is 10.8. The Morgan fingerprint density at radius 1 is 1.44 bits per heavy atom. The van der Waals surface area contributed by atoms with E-state index in [4.69, 9.17) is 16.7 Å². The lowest BCUT2D eigenvalue weighted by Gasteiger charge is -2.10. The van der Waals surface area contributed by atoms with Gasteiger partial charge in [0.25, 0.3) is 0 Å². The van der Waals surface area contributed by atoms with Gasteiger partial charge < -0.3 is 10.4 Å². The number of hydrogen-bond donors (Lipinski definition) is 2. The van der Waals surface area contributed by atoms with E-state index in [2.05, 4.69) is 5.32 Å². The van der Waals surface area contributed by atoms with Crippen LogP contribution < -0.4 is 5.32 Å². The number of nitrogens with one attached hydrogen (secondary N) is 1. The van der Waals surface area contributed by atoms with Crippen LogP contribution in [-0.2, 0) is 11.3 Å². The second kappa shape index (κ2) is 6.51. The van der Waals surface area contributed by atoms with Gasteiger partial charge in [-0.2, -0.15) is 0 Å². The molecule has 1 unspecified atom stereocenters. The molecule has 4 heteroatoms. The zero-order valence-corrected chi connectivity index (χ0v) is 10.00. The van der Waals surface area contributed by atoms with Crippen LogP contribution in [0.1, 0.15) is 18.9 Å². The lowest BCUT2D eigenvalue weighted by molar-refractivity contribution is -0.141. The Labute approximate surface area is 100 Å². The Hall–Kier alpha value is -1.06. The van der Waals surface area contributed by atoms with Gasteiger partial charge in [-0.25, -0.2) is 0 Å². The Bertz CT molecular complexity index is 337. The normalized spacial score (nSPS) is 12.4. The molecule has 1 rings (SSSR count). The van der Waals surface area contributed by atoms with E-state index in [1.807, 2.05) is 31.2 Å². The van der Waals surface area contributed by atoms with Gasteiger partial charge in [0.1, 0.15) is 0 Å². The minimum Gasteiger partial charge on any atom is -0.481 e. The molecule has 0 aliphatic carbocycles. The predicted octanol–water partition coefficient (Wildman–Crippen LogP) is 2.54. The first-order chi connectivity index (χ1) is 7.63. The molecule has 0 spiro atoms. The first-order valence-electron chi connectivity index (χ1n) is 5.31. The zero-order chi connectivity index (χ0) is 12.0. The largest absolute Gasteiger partial charge is 0.481 e. The Balaban J connectivity index is 2.35. The molecule has 0 bridgehead atoms. The van der Waals surface area contributed by atoms with Crippen molar-refractivity contribution in [1.29, 1.82) is 0 Å². The van der Waals surface area contributed by atoms with E-state index < -0.39 is 5.97 Å². The van der Waals surface area contributed by atoms with Crippen molar-refractivity contribution in [3.8, 4) is 0 Å². The molecule has 2 N–H and O–H groups in total. The SMILES string of the molecule is CCC(CNCc1ccc(Cl)cc1)C(=O)O. The highest BCUT2D eigenvalue weighted by Gasteiger charge is 2.13. The fourth-order valence-corrected chi connectivity index (χ4v) is 1.53. The summed E-state index contributed by atoms with van der Waals surface area (Å²) in [6.45, 7) is 3.04. The highest BCUT2D eigenvalue weighted by molar-refractivity contribution is 6.30. The summed E-state index contributed by atoms with van der Waals surface area (Å²) in [7, 11) is 0. The Morgan fingerprint density at radius 2 is 2.06 bits per heavy atom. The monoisotopic (exact) mass is 241 g/mol. The molecule has 16 heavy (non-hydrogen) atoms. The molecule has 1 aromatic carbocycles. The number of aliphatic carboxylic acids is 1. The van der Waals surface area contributed by atoms with Crippen molar-refractivity contribution in [2.75, 3.05) is 6.54 Å². The molecule has 1 aromatic rings. The maximum atomic E-state index is 10.8. The van der Waals surface area contributed by atoms with Crippen LogP contribution in [0.4, 0.5) is 0 Å². The minimum absolute atomic E-state index is 0.313. The van der Waals surface area contributed by atoms with E-state index in [9.17, 15) is 4.79 Å². The molecule has 0 aliphatic rings. The molecule has 0 aliphatic heterocycles. The van der Waals surface area contributed by atoms with Gasteiger partial charge >= 0.3 is 5.97 Å². The van der Waals surface area contributed by atoms with Crippen molar-refractivity contribution in [3.63, 3.8) is 0 Å². The summed E-state index contributed by atoms with van der Waals surface area (Å²) in [5.74, 6) is -1.06. The van der Waals surface area contributed by atoms with E-state index in [0.717, 1.165) is 5.56 Å². The quantitative estimate of drug-likeness (QED) is 0.805. The van der Waals surface area contributed by atoms with Crippen molar-refractivity contribution >= 4 is 17.6 Å². The third-order valence-electron chi connectivity index (χ3n) is 2.48. The van der Waals surface area contributed by atoms with Gasteiger partial charge in [-0.15, -0.1) is 0 Å². The fraction of sp³-hybridized carbons (Fsp3) is 0.417. The van der Waals surface area contributed by atoms with Gasteiger partial charge in [0.2, 0.25) is 0 Å². The number of carboxylic acid groups (broad SMARTS) is 1. The summed E-state index contributed by atoms with van der Waals surface area (Å²) in [5.41, 5.74) is 1.10. The molecule has 0 amide bonds. The van der Waals surface area contributed by atoms with E-state index >= 15 is 0 Å². The molecule has 0 saturated heterocycles. The number of hydrogen-bond acceptors (Lipinski definition) is 2. The fourth-order valence-electron chi connectivity index (χ4n) is 1.40. The Morgan fingerprint density at radius 3 is 2.56 bits per heavy atom. The van der Waals surface area contributed by atoms with E-state index in [0.29, 0.717) is 24.5 Å². The number of halogens is 1. The van der Waals surface area contributed by atoms with Crippen LogP contribution in [0.5, 0.6) is 0 Å². The molecule has 1 atom stereocenters. The van der Waals surface area contributed by atoms with Crippen LogP contribution in [0.15, 0.2) is 24.3 Å². The third-order valence-corrected chi connectivity index (χ3v) is 2.73. The van der Waals surface area contributed by atoms with Gasteiger partial charge in [0.15, 0.2) is 0 Å². The molecule has 3 nitrogen and oxygen atoms in total. The van der Waals surface area contributed by atoms with E-state index in [-0.39, 0.29) is 5.92 Å². The highest BCUT2D eigenvalue weighted by Crippen LogP contribution is 2.09. The third kappa shape index (κ3) is 4.21. The first kappa shape index (κ1) is 13.0. The van der Waals surface area contributed by atoms with Gasteiger partial charge in [-0.1, -0.05) is 30.7 Å². The summed E-state index contributed by atoms with van der Waals surface area (Å²) in [5, 5.41) is 12.7. The van der Waals surface area contributed by atoms with Crippen LogP contribution in [0, 0.1) is 5.92 Å². The predicted molar refractivity (Wildman–Crippen MR) is 64.6 cm³/mol. The summed E-state index contributed by atoms with van der Waals surface area (Å²) in [6, 6.07) is 7.51. The van der Waals surface area contributed by atoms with Crippen LogP contribution in [0.2, 0.25) is 5.02 Å². The van der Waals surface area contributed by atoms with Gasteiger partial charge in [-0.3, -0.25) is 4.79 Å². The number of rotatable bonds is 6. The smallest absolute Gasteiger partial charge is 0.307 e. The van der Waals surface area contributed by atoms with Crippen molar-refractivity contribution in [2.24, 2.45) is 5.92 Å². The maximum Gasteiger partial charge on any atom is 0.307 e. The van der Waals surface area contributed by atoms with Crippen molar-refractivity contribution in [1.82, 2.24) is 5.32 Å². The van der Waals surface area contributed by atoms with Gasteiger partial charge in [0, 0.05) is 18.1 Å². The zero-order valence-electron chi connectivity index (χ0n) is 9.24. The van der Waals surface area contributed by atoms with E-state index in [1.54, 1.807) is 0 Å². The molecular formula is C12H16ClNO2. The Kier molecular flexibility index (Phi) is 5.29. The van der Waals surface area contributed by atoms with Crippen molar-refractivity contribution in [2.45, 2.75) is 19.9 Å². The molecule has 0 fully saturated rings. The van der Waals surface area contributed by atoms with Gasteiger partial charge in [0.05, 0.1) is 5.92 Å². The molecular weight excluding hydrogens is 226 g/mol. The standard InChI is InChI=1S/C12H16ClNO2/c1-2-10(12(15)16)8-14-7-9-3-5-11(13)6-4-9/h3-6,10,14H,2,7-8H2,1H3,(H,15,16). The number of carboxylic acids is 1. The highest BCUT2D eigenvalue weighted by atomic mass is 35.5. The lowest BCUT2D eigenvalue weighted by atomic mass is 10.1.